The van der Waals surface area contributed by atoms with Crippen LogP contribution in [0, 0.1) is 10.1 Å². The fraction of sp³-hybridized carbons (Fsp3) is 0.192. The standard InChI is InChI=1S/C26H21N3O5/c30-22-11-16(15-6-2-1-3-7-15)10-20-25(22)26(28-19-9-5-4-8-18(19)27-20)17-12-23-24(34-14-33-23)13-21(17)29(31)32/h1-9,12-13,16,26-28H,10-11,14H2/t16-,26-/m1/s1. The van der Waals surface area contributed by atoms with Crippen molar-refractivity contribution in [2.45, 2.75) is 24.8 Å². The molecular formula is C26H21N3O5. The summed E-state index contributed by atoms with van der Waals surface area (Å²) in [5.41, 5.74) is 4.23. The molecule has 0 spiro atoms. The van der Waals surface area contributed by atoms with Crippen LogP contribution >= 0.6 is 0 Å². The third kappa shape index (κ3) is 3.35. The number of para-hydroxylation sites is 2. The quantitative estimate of drug-likeness (QED) is 0.408. The van der Waals surface area contributed by atoms with Crippen molar-refractivity contribution in [3.8, 4) is 11.5 Å². The molecule has 170 valence electrons. The van der Waals surface area contributed by atoms with Crippen LogP contribution in [0.2, 0.25) is 0 Å². The van der Waals surface area contributed by atoms with E-state index in [-0.39, 0.29) is 24.2 Å². The van der Waals surface area contributed by atoms with Crippen molar-refractivity contribution in [2.75, 3.05) is 17.4 Å². The van der Waals surface area contributed by atoms with Gasteiger partial charge in [-0.25, -0.2) is 0 Å². The van der Waals surface area contributed by atoms with E-state index < -0.39 is 11.0 Å². The molecule has 0 unspecified atom stereocenters. The number of anilines is 2. The van der Waals surface area contributed by atoms with Gasteiger partial charge >= 0.3 is 0 Å². The van der Waals surface area contributed by atoms with Crippen molar-refractivity contribution < 1.29 is 19.2 Å². The zero-order valence-corrected chi connectivity index (χ0v) is 18.1. The van der Waals surface area contributed by atoms with Gasteiger partial charge in [0.05, 0.1) is 34.0 Å². The van der Waals surface area contributed by atoms with Gasteiger partial charge in [0.2, 0.25) is 6.79 Å². The van der Waals surface area contributed by atoms with Gasteiger partial charge < -0.3 is 20.1 Å². The van der Waals surface area contributed by atoms with Crippen molar-refractivity contribution in [3.63, 3.8) is 0 Å². The van der Waals surface area contributed by atoms with Crippen LogP contribution in [0.25, 0.3) is 0 Å². The Morgan fingerprint density at radius 2 is 1.62 bits per heavy atom. The molecule has 0 bridgehead atoms. The number of benzene rings is 3. The SMILES string of the molecule is O=C1C[C@H](c2ccccc2)CC2=C1[C@@H](c1cc3c(cc1[N+](=O)[O-])OCO3)Nc1ccccc1N2. The van der Waals surface area contributed by atoms with Crippen molar-refractivity contribution in [1.29, 1.82) is 0 Å². The van der Waals surface area contributed by atoms with E-state index in [1.807, 2.05) is 54.6 Å². The Labute approximate surface area is 195 Å². The number of nitrogens with one attached hydrogen (secondary N) is 2. The average Bonchev–Trinajstić information content (AvgIpc) is 3.24. The number of ketones is 1. The van der Waals surface area contributed by atoms with Crippen LogP contribution in [0.5, 0.6) is 11.5 Å². The van der Waals surface area contributed by atoms with Gasteiger partial charge in [-0.2, -0.15) is 0 Å². The second-order valence-corrected chi connectivity index (χ2v) is 8.60. The number of carbonyl (C=O) groups excluding carboxylic acids is 1. The highest BCUT2D eigenvalue weighted by Crippen LogP contribution is 2.48. The first-order valence-electron chi connectivity index (χ1n) is 11.1. The Kier molecular flexibility index (Phi) is 4.72. The molecule has 3 aromatic carbocycles. The van der Waals surface area contributed by atoms with Gasteiger partial charge in [-0.05, 0) is 36.1 Å². The maximum absolute atomic E-state index is 13.7. The number of nitro benzene ring substituents is 1. The number of nitro groups is 1. The van der Waals surface area contributed by atoms with E-state index >= 15 is 0 Å². The van der Waals surface area contributed by atoms with Gasteiger partial charge in [-0.15, -0.1) is 0 Å². The average molecular weight is 455 g/mol. The lowest BCUT2D eigenvalue weighted by molar-refractivity contribution is -0.385. The van der Waals surface area contributed by atoms with Crippen LogP contribution in [0.1, 0.15) is 35.9 Å². The number of fused-ring (bicyclic) bond motifs is 2. The van der Waals surface area contributed by atoms with Gasteiger partial charge in [0.25, 0.3) is 5.69 Å². The molecule has 8 nitrogen and oxygen atoms in total. The first-order valence-corrected chi connectivity index (χ1v) is 11.1. The van der Waals surface area contributed by atoms with Crippen molar-refractivity contribution in [3.05, 3.63) is 99.2 Å². The topological polar surface area (TPSA) is 103 Å². The summed E-state index contributed by atoms with van der Waals surface area (Å²) in [6, 6.07) is 19.9. The summed E-state index contributed by atoms with van der Waals surface area (Å²) in [6.45, 7) is 0.00403. The normalized spacial score (nSPS) is 20.5. The molecule has 3 aromatic rings. The van der Waals surface area contributed by atoms with E-state index in [0.29, 0.717) is 35.5 Å². The van der Waals surface area contributed by atoms with E-state index in [1.165, 1.54) is 6.07 Å². The lowest BCUT2D eigenvalue weighted by Gasteiger charge is -2.29. The van der Waals surface area contributed by atoms with E-state index in [4.69, 9.17) is 9.47 Å². The summed E-state index contributed by atoms with van der Waals surface area (Å²) in [5, 5.41) is 18.9. The lowest BCUT2D eigenvalue weighted by atomic mass is 9.78. The van der Waals surface area contributed by atoms with Crippen LogP contribution in [-0.2, 0) is 4.79 Å². The summed E-state index contributed by atoms with van der Waals surface area (Å²) in [5.74, 6) is 0.744. The zero-order chi connectivity index (χ0) is 23.2. The Morgan fingerprint density at radius 1 is 0.912 bits per heavy atom. The molecule has 0 fully saturated rings. The predicted octanol–water partition coefficient (Wildman–Crippen LogP) is 5.30. The summed E-state index contributed by atoms with van der Waals surface area (Å²) in [6.07, 6.45) is 0.952. The van der Waals surface area contributed by atoms with Crippen LogP contribution in [-0.4, -0.2) is 17.5 Å². The van der Waals surface area contributed by atoms with E-state index in [1.54, 1.807) is 6.07 Å². The van der Waals surface area contributed by atoms with Crippen molar-refractivity contribution in [2.24, 2.45) is 0 Å². The molecule has 6 rings (SSSR count). The molecule has 0 saturated carbocycles. The minimum absolute atomic E-state index is 0.00403. The number of Topliss-reactive ketones (excluding diaryl/α,β-unsaturated/α-hetero) is 1. The minimum Gasteiger partial charge on any atom is -0.454 e. The minimum atomic E-state index is -0.717. The van der Waals surface area contributed by atoms with Crippen LogP contribution in [0.15, 0.2) is 78.0 Å². The van der Waals surface area contributed by atoms with Gasteiger partial charge in [0.1, 0.15) is 0 Å². The number of hydrogen-bond donors (Lipinski definition) is 2. The third-order valence-electron chi connectivity index (χ3n) is 6.61. The van der Waals surface area contributed by atoms with Crippen LogP contribution < -0.4 is 20.1 Å². The number of allylic oxidation sites excluding steroid dienone is 1. The number of nitrogens with zero attached hydrogens (tertiary/aromatic N) is 1. The van der Waals surface area contributed by atoms with Gasteiger partial charge in [-0.1, -0.05) is 42.5 Å². The molecule has 34 heavy (non-hydrogen) atoms. The molecule has 2 N–H and O–H groups in total. The summed E-state index contributed by atoms with van der Waals surface area (Å²) < 4.78 is 10.9. The predicted molar refractivity (Wildman–Crippen MR) is 126 cm³/mol. The second-order valence-electron chi connectivity index (χ2n) is 8.60. The van der Waals surface area contributed by atoms with E-state index in [9.17, 15) is 14.9 Å². The van der Waals surface area contributed by atoms with Crippen molar-refractivity contribution >= 4 is 22.8 Å². The molecule has 3 aliphatic rings. The molecule has 0 aromatic heterocycles. The lowest BCUT2D eigenvalue weighted by Crippen LogP contribution is -2.27. The maximum Gasteiger partial charge on any atom is 0.279 e. The molecule has 0 radical (unpaired) electrons. The third-order valence-corrected chi connectivity index (χ3v) is 6.61. The highest BCUT2D eigenvalue weighted by Gasteiger charge is 2.39. The molecule has 2 heterocycles. The molecule has 2 aliphatic heterocycles. The van der Waals surface area contributed by atoms with Crippen LogP contribution in [0.3, 0.4) is 0 Å². The van der Waals surface area contributed by atoms with Crippen molar-refractivity contribution in [1.82, 2.24) is 0 Å². The molecule has 0 saturated heterocycles. The largest absolute Gasteiger partial charge is 0.454 e. The van der Waals surface area contributed by atoms with Crippen LogP contribution in [0.4, 0.5) is 17.1 Å². The fourth-order valence-electron chi connectivity index (χ4n) is 5.02. The first kappa shape index (κ1) is 20.3. The highest BCUT2D eigenvalue weighted by molar-refractivity contribution is 6.01. The highest BCUT2D eigenvalue weighted by atomic mass is 16.7. The summed E-state index contributed by atoms with van der Waals surface area (Å²) in [7, 11) is 0. The summed E-state index contributed by atoms with van der Waals surface area (Å²) in [4.78, 5) is 25.2. The Balaban J connectivity index is 1.52. The van der Waals surface area contributed by atoms with Gasteiger partial charge in [0, 0.05) is 17.7 Å². The first-order chi connectivity index (χ1) is 16.6. The molecule has 8 heteroatoms. The van der Waals surface area contributed by atoms with E-state index in [2.05, 4.69) is 10.6 Å². The number of hydrogen-bond acceptors (Lipinski definition) is 7. The molecule has 0 amide bonds. The Hall–Kier alpha value is -4.33. The zero-order valence-electron chi connectivity index (χ0n) is 18.1. The Bertz CT molecular complexity index is 1350. The number of carbonyl (C=O) groups is 1. The monoisotopic (exact) mass is 455 g/mol. The van der Waals surface area contributed by atoms with Gasteiger partial charge in [-0.3, -0.25) is 14.9 Å². The maximum atomic E-state index is 13.7. The fourth-order valence-corrected chi connectivity index (χ4v) is 5.02. The van der Waals surface area contributed by atoms with E-state index in [0.717, 1.165) is 22.6 Å². The summed E-state index contributed by atoms with van der Waals surface area (Å²) >= 11 is 0. The molecular weight excluding hydrogens is 434 g/mol. The number of rotatable bonds is 3. The molecule has 1 aliphatic carbocycles. The molecule has 2 atom stereocenters. The second kappa shape index (κ2) is 7.91. The van der Waals surface area contributed by atoms with Gasteiger partial charge in [0.15, 0.2) is 17.3 Å². The number of ether oxygens (including phenoxy) is 2. The Morgan fingerprint density at radius 3 is 2.38 bits per heavy atom. The smallest absolute Gasteiger partial charge is 0.279 e.